The highest BCUT2D eigenvalue weighted by atomic mass is 127. The molecular formula is C18H16I2N4O2S. The zero-order valence-electron chi connectivity index (χ0n) is 14.5. The number of halogens is 2. The molecule has 0 aromatic heterocycles. The average Bonchev–Trinajstić information content (AvgIpc) is 2.66. The van der Waals surface area contributed by atoms with E-state index in [1.54, 1.807) is 7.11 Å². The lowest BCUT2D eigenvalue weighted by molar-refractivity contribution is -0.127. The monoisotopic (exact) mass is 606 g/mol. The highest BCUT2D eigenvalue weighted by molar-refractivity contribution is 14.1. The smallest absolute Gasteiger partial charge is 0.255 e. The SMILES string of the molecule is COc1c(I)cc(I)cc1[C@@H]1Nc2ccccc2[C@@H]2C(=O)NC(SC)=NN12. The number of rotatable bonds is 2. The fraction of sp³-hybridized carbons (Fsp3) is 0.222. The maximum atomic E-state index is 12.9. The van der Waals surface area contributed by atoms with E-state index in [4.69, 9.17) is 9.84 Å². The van der Waals surface area contributed by atoms with Crippen LogP contribution in [0.25, 0.3) is 0 Å². The molecule has 2 atom stereocenters. The van der Waals surface area contributed by atoms with Gasteiger partial charge in [0.15, 0.2) is 11.2 Å². The summed E-state index contributed by atoms with van der Waals surface area (Å²) in [6.07, 6.45) is 1.57. The number of nitrogens with one attached hydrogen (secondary N) is 2. The highest BCUT2D eigenvalue weighted by Gasteiger charge is 2.42. The molecule has 9 heteroatoms. The second-order valence-electron chi connectivity index (χ2n) is 6.03. The number of ether oxygens (including phenoxy) is 1. The molecule has 0 saturated heterocycles. The van der Waals surface area contributed by atoms with Crippen LogP contribution in [0.5, 0.6) is 5.75 Å². The third-order valence-electron chi connectivity index (χ3n) is 4.49. The van der Waals surface area contributed by atoms with E-state index in [1.165, 1.54) is 11.8 Å². The zero-order valence-corrected chi connectivity index (χ0v) is 19.6. The first-order chi connectivity index (χ1) is 13.0. The normalized spacial score (nSPS) is 20.8. The van der Waals surface area contributed by atoms with Gasteiger partial charge < -0.3 is 15.4 Å². The molecule has 140 valence electrons. The lowest BCUT2D eigenvalue weighted by atomic mass is 9.97. The van der Waals surface area contributed by atoms with Crippen LogP contribution in [0.15, 0.2) is 41.5 Å². The van der Waals surface area contributed by atoms with Crippen molar-refractivity contribution in [2.45, 2.75) is 12.2 Å². The van der Waals surface area contributed by atoms with Crippen LogP contribution in [0.1, 0.15) is 23.3 Å². The summed E-state index contributed by atoms with van der Waals surface area (Å²) in [6.45, 7) is 0. The molecule has 6 nitrogen and oxygen atoms in total. The summed E-state index contributed by atoms with van der Waals surface area (Å²) in [5.74, 6) is 0.714. The number of amidine groups is 1. The molecule has 2 N–H and O–H groups in total. The molecule has 0 radical (unpaired) electrons. The Morgan fingerprint density at radius 2 is 2.00 bits per heavy atom. The molecular weight excluding hydrogens is 590 g/mol. The minimum absolute atomic E-state index is 0.0763. The van der Waals surface area contributed by atoms with Gasteiger partial charge >= 0.3 is 0 Å². The summed E-state index contributed by atoms with van der Waals surface area (Å²) in [5.41, 5.74) is 2.79. The van der Waals surface area contributed by atoms with Crippen LogP contribution in [0.4, 0.5) is 5.69 Å². The van der Waals surface area contributed by atoms with Crippen molar-refractivity contribution in [3.8, 4) is 5.75 Å². The number of thioether (sulfide) groups is 1. The van der Waals surface area contributed by atoms with Crippen molar-refractivity contribution >= 4 is 73.7 Å². The molecule has 27 heavy (non-hydrogen) atoms. The third-order valence-corrected chi connectivity index (χ3v) is 6.49. The minimum atomic E-state index is -0.497. The summed E-state index contributed by atoms with van der Waals surface area (Å²) in [6, 6.07) is 11.5. The van der Waals surface area contributed by atoms with Gasteiger partial charge in [0.2, 0.25) is 0 Å². The van der Waals surface area contributed by atoms with Gasteiger partial charge in [0.25, 0.3) is 5.91 Å². The molecule has 2 aliphatic rings. The van der Waals surface area contributed by atoms with Crippen LogP contribution in [0, 0.1) is 7.14 Å². The van der Waals surface area contributed by atoms with E-state index in [0.29, 0.717) is 5.17 Å². The molecule has 0 aliphatic carbocycles. The molecule has 0 spiro atoms. The van der Waals surface area contributed by atoms with Gasteiger partial charge in [0.1, 0.15) is 11.9 Å². The van der Waals surface area contributed by atoms with Crippen molar-refractivity contribution in [2.75, 3.05) is 18.7 Å². The topological polar surface area (TPSA) is 66.0 Å². The van der Waals surface area contributed by atoms with Crippen LogP contribution >= 0.6 is 56.9 Å². The largest absolute Gasteiger partial charge is 0.495 e. The highest BCUT2D eigenvalue weighted by Crippen LogP contribution is 2.45. The standard InChI is InChI=1S/C18H16I2N4O2S/c1-26-15-11(7-9(19)8-12(15)20)16-21-13-6-4-3-5-10(13)14-17(25)22-18(27-2)23-24(14)16/h3-8,14,16,21H,1-2H3,(H,22,23,25)/t14-,16-/m1/s1. The van der Waals surface area contributed by atoms with Gasteiger partial charge in [0, 0.05) is 20.4 Å². The van der Waals surface area contributed by atoms with Gasteiger partial charge in [-0.25, -0.2) is 0 Å². The number of carbonyl (C=O) groups excluding carboxylic acids is 1. The van der Waals surface area contributed by atoms with Crippen LogP contribution in [-0.4, -0.2) is 29.4 Å². The quantitative estimate of drug-likeness (QED) is 0.504. The molecule has 0 bridgehead atoms. The van der Waals surface area contributed by atoms with Gasteiger partial charge in [-0.2, -0.15) is 0 Å². The molecule has 2 aliphatic heterocycles. The van der Waals surface area contributed by atoms with Crippen LogP contribution in [0.2, 0.25) is 0 Å². The lowest BCUT2D eigenvalue weighted by Crippen LogP contribution is -2.50. The number of hydrogen-bond acceptors (Lipinski definition) is 6. The Morgan fingerprint density at radius 1 is 1.22 bits per heavy atom. The van der Waals surface area contributed by atoms with Crippen LogP contribution < -0.4 is 15.4 Å². The molecule has 0 saturated carbocycles. The summed E-state index contributed by atoms with van der Waals surface area (Å²) < 4.78 is 7.82. The fourth-order valence-corrected chi connectivity index (χ4v) is 5.85. The number of amides is 1. The van der Waals surface area contributed by atoms with Gasteiger partial charge in [0.05, 0.1) is 10.7 Å². The van der Waals surface area contributed by atoms with E-state index in [1.807, 2.05) is 35.5 Å². The first kappa shape index (κ1) is 19.1. The number of para-hydroxylation sites is 1. The minimum Gasteiger partial charge on any atom is -0.495 e. The summed E-state index contributed by atoms with van der Waals surface area (Å²) in [5, 5.41) is 13.6. The molecule has 2 heterocycles. The van der Waals surface area contributed by atoms with Crippen LogP contribution in [0.3, 0.4) is 0 Å². The van der Waals surface area contributed by atoms with E-state index in [9.17, 15) is 4.79 Å². The number of hydrazone groups is 1. The van der Waals surface area contributed by atoms with Gasteiger partial charge in [-0.15, -0.1) is 5.10 Å². The maximum absolute atomic E-state index is 12.9. The Balaban J connectivity index is 1.92. The summed E-state index contributed by atoms with van der Waals surface area (Å²) in [7, 11) is 1.67. The van der Waals surface area contributed by atoms with E-state index >= 15 is 0 Å². The Hall–Kier alpha value is -1.21. The first-order valence-corrected chi connectivity index (χ1v) is 11.5. The van der Waals surface area contributed by atoms with Crippen LogP contribution in [-0.2, 0) is 4.79 Å². The summed E-state index contributed by atoms with van der Waals surface area (Å²) >= 11 is 5.99. The third kappa shape index (κ3) is 3.37. The molecule has 4 rings (SSSR count). The second-order valence-corrected chi connectivity index (χ2v) is 9.23. The predicted molar refractivity (Wildman–Crippen MR) is 125 cm³/mol. The maximum Gasteiger partial charge on any atom is 0.255 e. The van der Waals surface area contributed by atoms with E-state index < -0.39 is 6.04 Å². The van der Waals surface area contributed by atoms with Gasteiger partial charge in [-0.1, -0.05) is 30.0 Å². The number of fused-ring (bicyclic) bond motifs is 3. The Kier molecular flexibility index (Phi) is 5.43. The number of nitrogens with zero attached hydrogens (tertiary/aromatic N) is 2. The van der Waals surface area contributed by atoms with Crippen molar-refractivity contribution < 1.29 is 9.53 Å². The number of benzene rings is 2. The Bertz CT molecular complexity index is 953. The van der Waals surface area contributed by atoms with Crippen molar-refractivity contribution in [1.82, 2.24) is 10.3 Å². The van der Waals surface area contributed by atoms with Gasteiger partial charge in [-0.3, -0.25) is 9.80 Å². The first-order valence-electron chi connectivity index (χ1n) is 8.13. The fourth-order valence-electron chi connectivity index (χ4n) is 3.36. The molecule has 0 fully saturated rings. The summed E-state index contributed by atoms with van der Waals surface area (Å²) in [4.78, 5) is 12.9. The molecule has 0 unspecified atom stereocenters. The molecule has 1 amide bonds. The number of methoxy groups -OCH3 is 1. The number of anilines is 1. The Morgan fingerprint density at radius 3 is 2.74 bits per heavy atom. The second kappa shape index (κ2) is 7.66. The van der Waals surface area contributed by atoms with Crippen molar-refractivity contribution in [1.29, 1.82) is 0 Å². The lowest BCUT2D eigenvalue weighted by Gasteiger charge is -2.44. The molecule has 2 aromatic rings. The van der Waals surface area contributed by atoms with E-state index in [2.05, 4.69) is 67.9 Å². The Labute approximate surface area is 188 Å². The van der Waals surface area contributed by atoms with E-state index in [-0.39, 0.29) is 12.1 Å². The van der Waals surface area contributed by atoms with Crippen molar-refractivity contribution in [3.63, 3.8) is 0 Å². The van der Waals surface area contributed by atoms with Gasteiger partial charge in [-0.05, 0) is 69.6 Å². The zero-order chi connectivity index (χ0) is 19.1. The number of hydrogen-bond donors (Lipinski definition) is 2. The predicted octanol–water partition coefficient (Wildman–Crippen LogP) is 4.14. The van der Waals surface area contributed by atoms with E-state index in [0.717, 1.165) is 29.7 Å². The van der Waals surface area contributed by atoms with Crippen molar-refractivity contribution in [2.24, 2.45) is 5.10 Å². The molecule has 2 aromatic carbocycles. The number of carbonyl (C=O) groups is 1. The van der Waals surface area contributed by atoms with Crippen molar-refractivity contribution in [3.05, 3.63) is 54.7 Å². The average molecular weight is 606 g/mol.